The van der Waals surface area contributed by atoms with Gasteiger partial charge in [-0.25, -0.2) is 9.37 Å². The molecular formula is C41H36FIrN3O+. The summed E-state index contributed by atoms with van der Waals surface area (Å²) in [4.78, 5) is 8.99. The van der Waals surface area contributed by atoms with Crippen molar-refractivity contribution < 1.29 is 33.5 Å². The minimum atomic E-state index is -0.254. The SMILES string of the molecule is Cc1ccc2c(n1)oc1c(-c3cc(-c4ccc(F)cc4)ccn3)[c-]ccc12.[CH2-]c1cc(C(C)C)ccc1-c1cc(C)c(C)c[n+]1[CH2-].[Ir+3]. The van der Waals surface area contributed by atoms with Crippen LogP contribution in [0.5, 0.6) is 0 Å². The summed E-state index contributed by atoms with van der Waals surface area (Å²) in [5.74, 6) is 0.275. The molecule has 0 fully saturated rings. The number of benzene rings is 3. The van der Waals surface area contributed by atoms with Gasteiger partial charge in [0.1, 0.15) is 5.82 Å². The van der Waals surface area contributed by atoms with Crippen molar-refractivity contribution in [2.45, 2.75) is 40.5 Å². The van der Waals surface area contributed by atoms with Crippen LogP contribution in [0.4, 0.5) is 4.39 Å². The zero-order valence-corrected chi connectivity index (χ0v) is 29.6. The molecule has 0 saturated carbocycles. The third-order valence-corrected chi connectivity index (χ3v) is 8.34. The topological polar surface area (TPSA) is 42.8 Å². The van der Waals surface area contributed by atoms with Gasteiger partial charge in [0.05, 0.1) is 17.5 Å². The minimum absolute atomic E-state index is 0. The van der Waals surface area contributed by atoms with E-state index in [0.717, 1.165) is 55.7 Å². The van der Waals surface area contributed by atoms with Gasteiger partial charge in [-0.15, -0.1) is 35.4 Å². The van der Waals surface area contributed by atoms with Crippen molar-refractivity contribution in [3.05, 3.63) is 151 Å². The molecule has 4 heterocycles. The Morgan fingerprint density at radius 3 is 2.34 bits per heavy atom. The third-order valence-electron chi connectivity index (χ3n) is 8.34. The first-order chi connectivity index (χ1) is 22.1. The first-order valence-corrected chi connectivity index (χ1v) is 15.3. The minimum Gasteiger partial charge on any atom is -0.486 e. The molecule has 0 unspecified atom stereocenters. The molecule has 0 radical (unpaired) electrons. The summed E-state index contributed by atoms with van der Waals surface area (Å²) >= 11 is 0. The van der Waals surface area contributed by atoms with E-state index in [1.807, 2.05) is 47.9 Å². The van der Waals surface area contributed by atoms with E-state index in [1.54, 1.807) is 18.3 Å². The van der Waals surface area contributed by atoms with Gasteiger partial charge >= 0.3 is 20.1 Å². The van der Waals surface area contributed by atoms with Crippen molar-refractivity contribution in [2.24, 2.45) is 0 Å². The molecule has 3 aromatic carbocycles. The second kappa shape index (κ2) is 13.9. The Kier molecular flexibility index (Phi) is 9.95. The average molecular weight is 798 g/mol. The van der Waals surface area contributed by atoms with Gasteiger partial charge in [0.15, 0.2) is 0 Å². The number of furan rings is 1. The average Bonchev–Trinajstić information content (AvgIpc) is 3.41. The molecule has 0 atom stereocenters. The van der Waals surface area contributed by atoms with Gasteiger partial charge in [0.2, 0.25) is 5.71 Å². The molecule has 47 heavy (non-hydrogen) atoms. The van der Waals surface area contributed by atoms with Gasteiger partial charge < -0.3 is 14.0 Å². The Hall–Kier alpha value is -4.77. The number of nitrogens with zero attached hydrogens (tertiary/aromatic N) is 3. The molecule has 4 nitrogen and oxygen atoms in total. The van der Waals surface area contributed by atoms with Crippen molar-refractivity contribution in [3.63, 3.8) is 0 Å². The molecule has 6 heteroatoms. The van der Waals surface area contributed by atoms with E-state index in [2.05, 4.69) is 88.2 Å². The van der Waals surface area contributed by atoms with Gasteiger partial charge in [-0.3, -0.25) is 0 Å². The predicted octanol–water partition coefficient (Wildman–Crippen LogP) is 10.2. The Bertz CT molecular complexity index is 2200. The van der Waals surface area contributed by atoms with Crippen LogP contribution in [0, 0.1) is 46.6 Å². The summed E-state index contributed by atoms with van der Waals surface area (Å²) < 4.78 is 21.2. The number of rotatable bonds is 4. The van der Waals surface area contributed by atoms with Crippen molar-refractivity contribution in [1.82, 2.24) is 9.97 Å². The summed E-state index contributed by atoms with van der Waals surface area (Å²) in [6.45, 7) is 14.8. The van der Waals surface area contributed by atoms with Crippen LogP contribution in [0.15, 0.2) is 102 Å². The number of aromatic nitrogens is 3. The second-order valence-electron chi connectivity index (χ2n) is 12.0. The molecule has 0 bridgehead atoms. The molecule has 0 N–H and O–H groups in total. The number of halogens is 1. The monoisotopic (exact) mass is 798 g/mol. The van der Waals surface area contributed by atoms with Crippen LogP contribution in [0.3, 0.4) is 0 Å². The zero-order chi connectivity index (χ0) is 32.5. The van der Waals surface area contributed by atoms with Crippen molar-refractivity contribution >= 4 is 22.1 Å². The van der Waals surface area contributed by atoms with E-state index >= 15 is 0 Å². The molecule has 236 valence electrons. The molecule has 0 spiro atoms. The maximum atomic E-state index is 13.2. The van der Waals surface area contributed by atoms with Crippen LogP contribution in [0.1, 0.15) is 47.7 Å². The van der Waals surface area contributed by atoms with Crippen molar-refractivity contribution in [1.29, 1.82) is 0 Å². The number of pyridine rings is 3. The molecule has 7 rings (SSSR count). The van der Waals surface area contributed by atoms with E-state index in [0.29, 0.717) is 17.2 Å². The number of fused-ring (bicyclic) bond motifs is 3. The van der Waals surface area contributed by atoms with Crippen LogP contribution >= 0.6 is 0 Å². The summed E-state index contributed by atoms with van der Waals surface area (Å²) in [5.41, 5.74) is 12.8. The second-order valence-corrected chi connectivity index (χ2v) is 12.0. The summed E-state index contributed by atoms with van der Waals surface area (Å²) in [6.07, 6.45) is 3.81. The number of hydrogen-bond acceptors (Lipinski definition) is 3. The van der Waals surface area contributed by atoms with E-state index in [9.17, 15) is 4.39 Å². The Labute approximate surface area is 289 Å². The fraction of sp³-hybridized carbons (Fsp3) is 0.146. The normalized spacial score (nSPS) is 11.0. The summed E-state index contributed by atoms with van der Waals surface area (Å²) in [5, 5.41) is 1.96. The third kappa shape index (κ3) is 7.00. The molecule has 0 aliphatic carbocycles. The van der Waals surface area contributed by atoms with Crippen LogP contribution < -0.4 is 4.57 Å². The van der Waals surface area contributed by atoms with Crippen LogP contribution in [0.2, 0.25) is 0 Å². The van der Waals surface area contributed by atoms with Crippen molar-refractivity contribution in [3.8, 4) is 33.6 Å². The van der Waals surface area contributed by atoms with Gasteiger partial charge in [-0.05, 0) is 79.4 Å². The fourth-order valence-corrected chi connectivity index (χ4v) is 5.56. The zero-order valence-electron chi connectivity index (χ0n) is 27.2. The summed E-state index contributed by atoms with van der Waals surface area (Å²) in [6, 6.07) is 30.1. The Morgan fingerprint density at radius 2 is 1.62 bits per heavy atom. The summed E-state index contributed by atoms with van der Waals surface area (Å²) in [7, 11) is 4.09. The van der Waals surface area contributed by atoms with Crippen LogP contribution in [-0.4, -0.2) is 9.97 Å². The molecule has 0 amide bonds. The largest absolute Gasteiger partial charge is 3.00 e. The van der Waals surface area contributed by atoms with Gasteiger partial charge in [0.25, 0.3) is 0 Å². The maximum absolute atomic E-state index is 13.2. The van der Waals surface area contributed by atoms with E-state index in [1.165, 1.54) is 28.8 Å². The van der Waals surface area contributed by atoms with Crippen LogP contribution in [-0.2, 0) is 20.1 Å². The smallest absolute Gasteiger partial charge is 0.486 e. The molecule has 0 aliphatic heterocycles. The molecule has 0 saturated heterocycles. The molecular weight excluding hydrogens is 762 g/mol. The molecule has 0 aliphatic rings. The van der Waals surface area contributed by atoms with Crippen molar-refractivity contribution in [2.75, 3.05) is 0 Å². The van der Waals surface area contributed by atoms with Crippen LogP contribution in [0.25, 0.3) is 55.7 Å². The number of aryl methyl sites for hydroxylation is 3. The maximum Gasteiger partial charge on any atom is 3.00 e. The quantitative estimate of drug-likeness (QED) is 0.132. The first-order valence-electron chi connectivity index (χ1n) is 15.3. The molecule has 7 aromatic rings. The van der Waals surface area contributed by atoms with E-state index in [-0.39, 0.29) is 25.9 Å². The Morgan fingerprint density at radius 1 is 0.851 bits per heavy atom. The van der Waals surface area contributed by atoms with Gasteiger partial charge in [0, 0.05) is 24.3 Å². The van der Waals surface area contributed by atoms with E-state index < -0.39 is 0 Å². The fourth-order valence-electron chi connectivity index (χ4n) is 5.56. The molecule has 4 aromatic heterocycles. The Balaban J connectivity index is 0.000000192. The van der Waals surface area contributed by atoms with Gasteiger partial charge in [-0.1, -0.05) is 60.7 Å². The first kappa shape index (κ1) is 33.6. The standard InChI is InChI=1S/C23H14FN2O.C18H22N.Ir/c1-14-5-10-19-18-3-2-4-20(22(18)27-23(19)26-14)21-13-16(11-12-25-21)15-6-8-17(24)9-7-15;1-12(2)16-7-8-17(14(4)9-16)18-10-13(3)15(5)11-19(18)6;/h2-3,5-13H,1H3;7-12H,4,6H2,1-3,5H3;/q2*-1;+3. The van der Waals surface area contributed by atoms with E-state index in [4.69, 9.17) is 4.42 Å². The number of hydrogen-bond donors (Lipinski definition) is 0. The van der Waals surface area contributed by atoms with Gasteiger partial charge in [-0.2, -0.15) is 18.6 Å². The predicted molar refractivity (Wildman–Crippen MR) is 185 cm³/mol.